The molecule has 4 heteroatoms. The summed E-state index contributed by atoms with van der Waals surface area (Å²) in [6.07, 6.45) is 8.03. The van der Waals surface area contributed by atoms with Crippen molar-refractivity contribution in [3.05, 3.63) is 34.3 Å². The highest BCUT2D eigenvalue weighted by Gasteiger charge is 2.46. The first-order valence-electron chi connectivity index (χ1n) is 9.37. The molecule has 0 aliphatic heterocycles. The van der Waals surface area contributed by atoms with Gasteiger partial charge in [-0.2, -0.15) is 0 Å². The third kappa shape index (κ3) is 3.03. The van der Waals surface area contributed by atoms with Crippen LogP contribution in [0.2, 0.25) is 0 Å². The third-order valence-electron chi connectivity index (χ3n) is 6.68. The van der Waals surface area contributed by atoms with Crippen molar-refractivity contribution in [2.24, 2.45) is 23.5 Å². The highest BCUT2D eigenvalue weighted by Crippen LogP contribution is 2.50. The molecular formula is C20H27BrN2O. The van der Waals surface area contributed by atoms with Crippen LogP contribution in [-0.4, -0.2) is 18.5 Å². The quantitative estimate of drug-likeness (QED) is 0.822. The van der Waals surface area contributed by atoms with Gasteiger partial charge in [-0.05, 0) is 62.0 Å². The van der Waals surface area contributed by atoms with Crippen LogP contribution in [0, 0.1) is 17.8 Å². The zero-order valence-corrected chi connectivity index (χ0v) is 15.7. The van der Waals surface area contributed by atoms with Gasteiger partial charge in [0.05, 0.1) is 0 Å². The number of carbonyl (C=O) groups excluding carboxylic acids is 1. The van der Waals surface area contributed by atoms with Crippen molar-refractivity contribution in [1.82, 2.24) is 5.32 Å². The molecule has 3 N–H and O–H groups in total. The predicted octanol–water partition coefficient (Wildman–Crippen LogP) is 3.75. The van der Waals surface area contributed by atoms with E-state index in [9.17, 15) is 4.79 Å². The molecule has 0 saturated heterocycles. The number of fused-ring (bicyclic) bond motifs is 2. The molecule has 2 unspecified atom stereocenters. The first-order valence-corrected chi connectivity index (χ1v) is 10.2. The molecule has 3 saturated carbocycles. The average Bonchev–Trinajstić information content (AvgIpc) is 3.34. The van der Waals surface area contributed by atoms with Crippen molar-refractivity contribution in [2.75, 3.05) is 6.54 Å². The zero-order valence-electron chi connectivity index (χ0n) is 14.1. The fourth-order valence-corrected chi connectivity index (χ4v) is 5.69. The minimum Gasteiger partial charge on any atom is -0.355 e. The van der Waals surface area contributed by atoms with Crippen molar-refractivity contribution < 1.29 is 4.79 Å². The third-order valence-corrected chi connectivity index (χ3v) is 7.38. The van der Waals surface area contributed by atoms with Crippen LogP contribution in [-0.2, 0) is 10.2 Å². The molecule has 0 heterocycles. The normalized spacial score (nSPS) is 33.8. The van der Waals surface area contributed by atoms with E-state index in [-0.39, 0.29) is 17.2 Å². The van der Waals surface area contributed by atoms with Gasteiger partial charge >= 0.3 is 0 Å². The number of hydrogen-bond acceptors (Lipinski definition) is 2. The molecule has 24 heavy (non-hydrogen) atoms. The molecule has 1 aromatic carbocycles. The highest BCUT2D eigenvalue weighted by molar-refractivity contribution is 9.10. The highest BCUT2D eigenvalue weighted by atomic mass is 79.9. The number of amides is 1. The fraction of sp³-hybridized carbons (Fsp3) is 0.650. The number of benzene rings is 1. The van der Waals surface area contributed by atoms with Gasteiger partial charge in [0.25, 0.3) is 0 Å². The Morgan fingerprint density at radius 1 is 1.21 bits per heavy atom. The molecule has 3 nitrogen and oxygen atoms in total. The Hall–Kier alpha value is -0.870. The molecule has 1 amide bonds. The van der Waals surface area contributed by atoms with Crippen LogP contribution in [0.3, 0.4) is 0 Å². The summed E-state index contributed by atoms with van der Waals surface area (Å²) in [6.45, 7) is 0.770. The average molecular weight is 391 g/mol. The Balaban J connectivity index is 1.38. The van der Waals surface area contributed by atoms with E-state index in [0.29, 0.717) is 17.9 Å². The Bertz CT molecular complexity index is 614. The molecule has 2 bridgehead atoms. The van der Waals surface area contributed by atoms with Gasteiger partial charge in [-0.3, -0.25) is 4.79 Å². The van der Waals surface area contributed by atoms with E-state index in [4.69, 9.17) is 5.73 Å². The number of carbonyl (C=O) groups is 1. The Morgan fingerprint density at radius 2 is 1.88 bits per heavy atom. The lowest BCUT2D eigenvalue weighted by atomic mass is 9.65. The first-order chi connectivity index (χ1) is 11.6. The van der Waals surface area contributed by atoms with Gasteiger partial charge < -0.3 is 11.1 Å². The number of rotatable bonds is 4. The van der Waals surface area contributed by atoms with E-state index in [1.54, 1.807) is 0 Å². The molecule has 2 atom stereocenters. The van der Waals surface area contributed by atoms with Crippen LogP contribution < -0.4 is 11.1 Å². The van der Waals surface area contributed by atoms with Gasteiger partial charge in [-0.15, -0.1) is 0 Å². The van der Waals surface area contributed by atoms with E-state index in [0.717, 1.165) is 36.7 Å². The molecule has 3 fully saturated rings. The van der Waals surface area contributed by atoms with Crippen LogP contribution in [0.1, 0.15) is 50.5 Å². The lowest BCUT2D eigenvalue weighted by Gasteiger charge is -2.43. The van der Waals surface area contributed by atoms with Gasteiger partial charge in [0.1, 0.15) is 0 Å². The second kappa shape index (κ2) is 6.45. The number of nitrogens with two attached hydrogens (primary N) is 1. The summed E-state index contributed by atoms with van der Waals surface area (Å²) in [5.74, 6) is 1.56. The summed E-state index contributed by atoms with van der Waals surface area (Å²) < 4.78 is 1.16. The molecule has 4 rings (SSSR count). The Kier molecular flexibility index (Phi) is 4.46. The van der Waals surface area contributed by atoms with Gasteiger partial charge in [0.15, 0.2) is 0 Å². The molecule has 130 valence electrons. The Morgan fingerprint density at radius 3 is 2.50 bits per heavy atom. The summed E-state index contributed by atoms with van der Waals surface area (Å²) in [6, 6.07) is 8.75. The summed E-state index contributed by atoms with van der Waals surface area (Å²) in [5.41, 5.74) is 7.85. The minimum absolute atomic E-state index is 0.149. The lowest BCUT2D eigenvalue weighted by molar-refractivity contribution is -0.128. The molecule has 0 radical (unpaired) electrons. The van der Waals surface area contributed by atoms with Crippen molar-refractivity contribution in [1.29, 1.82) is 0 Å². The van der Waals surface area contributed by atoms with Gasteiger partial charge in [0, 0.05) is 28.4 Å². The molecule has 1 aromatic rings. The molecule has 3 aliphatic rings. The van der Waals surface area contributed by atoms with Crippen LogP contribution >= 0.6 is 15.9 Å². The fourth-order valence-electron chi connectivity index (χ4n) is 4.99. The first kappa shape index (κ1) is 16.6. The second-order valence-corrected chi connectivity index (χ2v) is 9.03. The maximum absolute atomic E-state index is 12.8. The summed E-state index contributed by atoms with van der Waals surface area (Å²) >= 11 is 3.67. The van der Waals surface area contributed by atoms with Crippen molar-refractivity contribution in [3.63, 3.8) is 0 Å². The van der Waals surface area contributed by atoms with E-state index in [1.807, 2.05) is 6.07 Å². The van der Waals surface area contributed by atoms with Crippen LogP contribution in [0.15, 0.2) is 28.7 Å². The van der Waals surface area contributed by atoms with Crippen LogP contribution in [0.4, 0.5) is 0 Å². The van der Waals surface area contributed by atoms with Gasteiger partial charge in [-0.25, -0.2) is 0 Å². The standard InChI is InChI=1S/C20H27BrN2O/c21-17-7-2-1-6-16(17)20(8-9-20)12-23-19(24)15-10-13-4-3-5-14(11-15)18(13)22/h1-2,6-7,13-15,18H,3-5,8-12,22H2,(H,23,24). The maximum Gasteiger partial charge on any atom is 0.223 e. The SMILES string of the molecule is NC1C2CCCC1CC(C(=O)NCC1(c3ccccc3Br)CC1)C2. The predicted molar refractivity (Wildman–Crippen MR) is 99.6 cm³/mol. The van der Waals surface area contributed by atoms with Crippen LogP contribution in [0.25, 0.3) is 0 Å². The monoisotopic (exact) mass is 390 g/mol. The second-order valence-electron chi connectivity index (χ2n) is 8.17. The van der Waals surface area contributed by atoms with Crippen molar-refractivity contribution >= 4 is 21.8 Å². The molecule has 0 spiro atoms. The van der Waals surface area contributed by atoms with E-state index in [1.165, 1.54) is 24.8 Å². The molecule has 0 aromatic heterocycles. The lowest BCUT2D eigenvalue weighted by Crippen LogP contribution is -2.49. The molecular weight excluding hydrogens is 364 g/mol. The van der Waals surface area contributed by atoms with Crippen molar-refractivity contribution in [3.8, 4) is 0 Å². The Labute approximate surface area is 152 Å². The van der Waals surface area contributed by atoms with Gasteiger partial charge in [0.2, 0.25) is 5.91 Å². The summed E-state index contributed by atoms with van der Waals surface area (Å²) in [4.78, 5) is 12.8. The number of hydrogen-bond donors (Lipinski definition) is 2. The van der Waals surface area contributed by atoms with E-state index in [2.05, 4.69) is 39.4 Å². The number of halogens is 1. The van der Waals surface area contributed by atoms with E-state index < -0.39 is 0 Å². The smallest absolute Gasteiger partial charge is 0.223 e. The maximum atomic E-state index is 12.8. The van der Waals surface area contributed by atoms with Crippen LogP contribution in [0.5, 0.6) is 0 Å². The largest absolute Gasteiger partial charge is 0.355 e. The number of nitrogens with one attached hydrogen (secondary N) is 1. The van der Waals surface area contributed by atoms with Crippen molar-refractivity contribution in [2.45, 2.75) is 56.4 Å². The summed E-state index contributed by atoms with van der Waals surface area (Å²) in [5, 5.41) is 3.28. The van der Waals surface area contributed by atoms with E-state index >= 15 is 0 Å². The zero-order chi connectivity index (χ0) is 16.7. The van der Waals surface area contributed by atoms with Gasteiger partial charge in [-0.1, -0.05) is 40.5 Å². The molecule has 3 aliphatic carbocycles. The topological polar surface area (TPSA) is 55.1 Å². The summed E-state index contributed by atoms with van der Waals surface area (Å²) in [7, 11) is 0. The minimum atomic E-state index is 0.149.